The molecule has 118 valence electrons. The van der Waals surface area contributed by atoms with Crippen molar-refractivity contribution in [1.82, 2.24) is 9.38 Å². The van der Waals surface area contributed by atoms with E-state index < -0.39 is 0 Å². The SMILES string of the molecule is O=C(Nc1ccc(F)cc1)c1csc2nc(-c3ccccc3)cn12. The molecular formula is C18H12FN3OS. The van der Waals surface area contributed by atoms with Gasteiger partial charge in [0.1, 0.15) is 11.5 Å². The lowest BCUT2D eigenvalue weighted by molar-refractivity contribution is 0.102. The Labute approximate surface area is 141 Å². The van der Waals surface area contributed by atoms with Crippen LogP contribution in [0.15, 0.2) is 66.2 Å². The number of amides is 1. The van der Waals surface area contributed by atoms with E-state index in [1.807, 2.05) is 36.5 Å². The van der Waals surface area contributed by atoms with Crippen molar-refractivity contribution in [3.05, 3.63) is 77.7 Å². The molecule has 2 aromatic heterocycles. The molecule has 0 bridgehead atoms. The fraction of sp³-hybridized carbons (Fsp3) is 0. The first-order chi connectivity index (χ1) is 11.7. The lowest BCUT2D eigenvalue weighted by Gasteiger charge is -2.04. The molecule has 0 radical (unpaired) electrons. The number of rotatable bonds is 3. The van der Waals surface area contributed by atoms with E-state index in [1.54, 1.807) is 9.78 Å². The van der Waals surface area contributed by atoms with Crippen LogP contribution in [0.5, 0.6) is 0 Å². The smallest absolute Gasteiger partial charge is 0.273 e. The zero-order valence-electron chi connectivity index (χ0n) is 12.4. The fourth-order valence-corrected chi connectivity index (χ4v) is 3.28. The molecule has 6 heteroatoms. The van der Waals surface area contributed by atoms with E-state index in [9.17, 15) is 9.18 Å². The Bertz CT molecular complexity index is 1010. The summed E-state index contributed by atoms with van der Waals surface area (Å²) in [6.45, 7) is 0. The molecule has 24 heavy (non-hydrogen) atoms. The van der Waals surface area contributed by atoms with Crippen molar-refractivity contribution in [2.24, 2.45) is 0 Å². The number of benzene rings is 2. The van der Waals surface area contributed by atoms with E-state index in [-0.39, 0.29) is 11.7 Å². The first-order valence-electron chi connectivity index (χ1n) is 7.29. The number of hydrogen-bond acceptors (Lipinski definition) is 3. The van der Waals surface area contributed by atoms with Crippen molar-refractivity contribution >= 4 is 27.9 Å². The zero-order chi connectivity index (χ0) is 16.5. The van der Waals surface area contributed by atoms with Crippen LogP contribution >= 0.6 is 11.3 Å². The maximum absolute atomic E-state index is 12.9. The molecule has 2 heterocycles. The summed E-state index contributed by atoms with van der Waals surface area (Å²) in [5.41, 5.74) is 2.86. The van der Waals surface area contributed by atoms with Crippen LogP contribution in [0.2, 0.25) is 0 Å². The van der Waals surface area contributed by atoms with Crippen molar-refractivity contribution in [2.75, 3.05) is 5.32 Å². The zero-order valence-corrected chi connectivity index (χ0v) is 13.3. The summed E-state index contributed by atoms with van der Waals surface area (Å²) in [5.74, 6) is -0.599. The van der Waals surface area contributed by atoms with Crippen molar-refractivity contribution in [1.29, 1.82) is 0 Å². The summed E-state index contributed by atoms with van der Waals surface area (Å²) < 4.78 is 14.7. The van der Waals surface area contributed by atoms with Gasteiger partial charge in [0.15, 0.2) is 4.96 Å². The van der Waals surface area contributed by atoms with Gasteiger partial charge in [0, 0.05) is 22.8 Å². The highest BCUT2D eigenvalue weighted by molar-refractivity contribution is 7.15. The molecule has 0 spiro atoms. The first kappa shape index (κ1) is 14.6. The number of anilines is 1. The minimum absolute atomic E-state index is 0.259. The molecule has 0 aliphatic rings. The highest BCUT2D eigenvalue weighted by Crippen LogP contribution is 2.24. The van der Waals surface area contributed by atoms with E-state index in [4.69, 9.17) is 0 Å². The van der Waals surface area contributed by atoms with Gasteiger partial charge in [-0.2, -0.15) is 0 Å². The number of nitrogens with one attached hydrogen (secondary N) is 1. The summed E-state index contributed by atoms with van der Waals surface area (Å²) in [7, 11) is 0. The van der Waals surface area contributed by atoms with Crippen LogP contribution in [0.4, 0.5) is 10.1 Å². The van der Waals surface area contributed by atoms with Crippen molar-refractivity contribution in [3.63, 3.8) is 0 Å². The largest absolute Gasteiger partial charge is 0.321 e. The van der Waals surface area contributed by atoms with E-state index in [0.29, 0.717) is 11.4 Å². The van der Waals surface area contributed by atoms with Gasteiger partial charge in [-0.3, -0.25) is 9.20 Å². The molecule has 0 saturated heterocycles. The average Bonchev–Trinajstić information content (AvgIpc) is 3.18. The molecule has 0 saturated carbocycles. The monoisotopic (exact) mass is 337 g/mol. The number of nitrogens with zero attached hydrogens (tertiary/aromatic N) is 2. The molecule has 1 amide bonds. The molecule has 1 N–H and O–H groups in total. The maximum atomic E-state index is 12.9. The maximum Gasteiger partial charge on any atom is 0.273 e. The number of imidazole rings is 1. The fourth-order valence-electron chi connectivity index (χ4n) is 2.42. The molecule has 4 rings (SSSR count). The molecule has 0 unspecified atom stereocenters. The van der Waals surface area contributed by atoms with Crippen LogP contribution in [0, 0.1) is 5.82 Å². The van der Waals surface area contributed by atoms with Crippen LogP contribution in [-0.4, -0.2) is 15.3 Å². The Balaban J connectivity index is 1.65. The van der Waals surface area contributed by atoms with Gasteiger partial charge in [0.2, 0.25) is 0 Å². The second kappa shape index (κ2) is 5.90. The molecular weight excluding hydrogens is 325 g/mol. The summed E-state index contributed by atoms with van der Waals surface area (Å²) in [5, 5.41) is 4.53. The minimum atomic E-state index is -0.340. The summed E-state index contributed by atoms with van der Waals surface area (Å²) in [4.78, 5) is 17.8. The van der Waals surface area contributed by atoms with E-state index in [2.05, 4.69) is 10.3 Å². The van der Waals surface area contributed by atoms with Gasteiger partial charge >= 0.3 is 0 Å². The highest BCUT2D eigenvalue weighted by Gasteiger charge is 2.15. The van der Waals surface area contributed by atoms with Crippen LogP contribution in [0.1, 0.15) is 10.5 Å². The molecule has 0 fully saturated rings. The van der Waals surface area contributed by atoms with E-state index in [0.717, 1.165) is 16.2 Å². The van der Waals surface area contributed by atoms with Crippen molar-refractivity contribution in [2.45, 2.75) is 0 Å². The highest BCUT2D eigenvalue weighted by atomic mass is 32.1. The number of hydrogen-bond donors (Lipinski definition) is 1. The normalized spacial score (nSPS) is 10.9. The van der Waals surface area contributed by atoms with Gasteiger partial charge in [-0.25, -0.2) is 9.37 Å². The second-order valence-electron chi connectivity index (χ2n) is 5.23. The topological polar surface area (TPSA) is 46.4 Å². The third kappa shape index (κ3) is 2.68. The van der Waals surface area contributed by atoms with E-state index >= 15 is 0 Å². The number of halogens is 1. The third-order valence-electron chi connectivity index (χ3n) is 3.61. The quantitative estimate of drug-likeness (QED) is 0.600. The predicted octanol–water partition coefficient (Wildman–Crippen LogP) is 4.45. The Morgan fingerprint density at radius 2 is 1.83 bits per heavy atom. The standard InChI is InChI=1S/C18H12FN3OS/c19-13-6-8-14(9-7-13)20-17(23)16-11-24-18-21-15(10-22(16)18)12-4-2-1-3-5-12/h1-11H,(H,20,23). The molecule has 0 aliphatic carbocycles. The third-order valence-corrected chi connectivity index (χ3v) is 4.45. The minimum Gasteiger partial charge on any atom is -0.321 e. The van der Waals surface area contributed by atoms with Gasteiger partial charge < -0.3 is 5.32 Å². The van der Waals surface area contributed by atoms with Gasteiger partial charge in [-0.1, -0.05) is 30.3 Å². The van der Waals surface area contributed by atoms with Crippen molar-refractivity contribution in [3.8, 4) is 11.3 Å². The Morgan fingerprint density at radius 1 is 1.08 bits per heavy atom. The Kier molecular flexibility index (Phi) is 3.59. The lowest BCUT2D eigenvalue weighted by atomic mass is 10.2. The Hall–Kier alpha value is -2.99. The first-order valence-corrected chi connectivity index (χ1v) is 8.17. The molecule has 4 aromatic rings. The summed E-state index contributed by atoms with van der Waals surface area (Å²) in [6, 6.07) is 15.5. The number of thiazole rings is 1. The van der Waals surface area contributed by atoms with Crippen LogP contribution in [-0.2, 0) is 0 Å². The van der Waals surface area contributed by atoms with E-state index in [1.165, 1.54) is 35.6 Å². The predicted molar refractivity (Wildman–Crippen MR) is 92.9 cm³/mol. The Morgan fingerprint density at radius 3 is 2.58 bits per heavy atom. The average molecular weight is 337 g/mol. The van der Waals surface area contributed by atoms with Crippen LogP contribution in [0.3, 0.4) is 0 Å². The van der Waals surface area contributed by atoms with Crippen molar-refractivity contribution < 1.29 is 9.18 Å². The van der Waals surface area contributed by atoms with Gasteiger partial charge in [-0.05, 0) is 24.3 Å². The lowest BCUT2D eigenvalue weighted by Crippen LogP contribution is -2.13. The molecule has 0 aliphatic heterocycles. The van der Waals surface area contributed by atoms with Gasteiger partial charge in [-0.15, -0.1) is 11.3 Å². The second-order valence-corrected chi connectivity index (χ2v) is 6.06. The number of aromatic nitrogens is 2. The molecule has 2 aromatic carbocycles. The number of fused-ring (bicyclic) bond motifs is 1. The number of carbonyl (C=O) groups excluding carboxylic acids is 1. The van der Waals surface area contributed by atoms with Crippen LogP contribution < -0.4 is 5.32 Å². The molecule has 0 atom stereocenters. The molecule has 4 nitrogen and oxygen atoms in total. The van der Waals surface area contributed by atoms with Gasteiger partial charge in [0.25, 0.3) is 5.91 Å². The number of carbonyl (C=O) groups is 1. The van der Waals surface area contributed by atoms with Crippen LogP contribution in [0.25, 0.3) is 16.2 Å². The summed E-state index contributed by atoms with van der Waals surface area (Å²) in [6.07, 6.45) is 1.85. The summed E-state index contributed by atoms with van der Waals surface area (Å²) >= 11 is 1.40. The van der Waals surface area contributed by atoms with Gasteiger partial charge in [0.05, 0.1) is 5.69 Å².